The van der Waals surface area contributed by atoms with E-state index in [1.165, 1.54) is 4.68 Å². The summed E-state index contributed by atoms with van der Waals surface area (Å²) in [4.78, 5) is 14.6. The molecule has 5 nitrogen and oxygen atoms in total. The van der Waals surface area contributed by atoms with Crippen LogP contribution in [0.25, 0.3) is 5.82 Å². The molecule has 0 saturated heterocycles. The van der Waals surface area contributed by atoms with Gasteiger partial charge in [0.05, 0.1) is 6.42 Å². The van der Waals surface area contributed by atoms with Gasteiger partial charge in [0, 0.05) is 18.0 Å². The first-order valence-electron chi connectivity index (χ1n) is 4.54. The molecule has 16 heavy (non-hydrogen) atoms. The first-order chi connectivity index (χ1) is 7.66. The van der Waals surface area contributed by atoms with E-state index in [0.717, 1.165) is 0 Å². The van der Waals surface area contributed by atoms with Gasteiger partial charge in [-0.05, 0) is 12.1 Å². The largest absolute Gasteiger partial charge is 0.481 e. The van der Waals surface area contributed by atoms with Crippen molar-refractivity contribution in [3.8, 4) is 5.82 Å². The van der Waals surface area contributed by atoms with Gasteiger partial charge >= 0.3 is 5.97 Å². The molecule has 2 aromatic heterocycles. The number of carboxylic acid groups (broad SMARTS) is 1. The summed E-state index contributed by atoms with van der Waals surface area (Å²) in [7, 11) is 0. The minimum absolute atomic E-state index is 0.147. The zero-order valence-corrected chi connectivity index (χ0v) is 8.92. The number of nitrogens with zero attached hydrogens (tertiary/aromatic N) is 3. The third kappa shape index (κ3) is 2.20. The average Bonchev–Trinajstić information content (AvgIpc) is 2.61. The SMILES string of the molecule is O=C(O)Cc1cn(-c2ccccn2)nc1Cl. The van der Waals surface area contributed by atoms with Crippen molar-refractivity contribution in [2.75, 3.05) is 0 Å². The van der Waals surface area contributed by atoms with Crippen LogP contribution in [0, 0.1) is 0 Å². The Labute approximate surface area is 96.3 Å². The Bertz CT molecular complexity index is 510. The first-order valence-corrected chi connectivity index (χ1v) is 4.92. The summed E-state index contributed by atoms with van der Waals surface area (Å²) >= 11 is 5.82. The van der Waals surface area contributed by atoms with Gasteiger partial charge in [-0.15, -0.1) is 0 Å². The summed E-state index contributed by atoms with van der Waals surface area (Å²) in [5, 5.41) is 12.8. The molecule has 0 saturated carbocycles. The van der Waals surface area contributed by atoms with Gasteiger partial charge in [-0.1, -0.05) is 17.7 Å². The molecule has 0 unspecified atom stereocenters. The zero-order chi connectivity index (χ0) is 11.5. The maximum absolute atomic E-state index is 10.6. The molecule has 1 N–H and O–H groups in total. The van der Waals surface area contributed by atoms with E-state index in [1.807, 2.05) is 6.07 Å². The van der Waals surface area contributed by atoms with Gasteiger partial charge in [-0.3, -0.25) is 4.79 Å². The molecule has 0 radical (unpaired) electrons. The molecule has 2 heterocycles. The fourth-order valence-corrected chi connectivity index (χ4v) is 1.47. The van der Waals surface area contributed by atoms with Crippen LogP contribution in [0.1, 0.15) is 5.56 Å². The van der Waals surface area contributed by atoms with E-state index in [0.29, 0.717) is 11.4 Å². The molecule has 2 rings (SSSR count). The second kappa shape index (κ2) is 4.32. The first kappa shape index (κ1) is 10.6. The lowest BCUT2D eigenvalue weighted by Gasteiger charge is -1.97. The zero-order valence-electron chi connectivity index (χ0n) is 8.17. The summed E-state index contributed by atoms with van der Waals surface area (Å²) in [5.74, 6) is -0.344. The third-order valence-electron chi connectivity index (χ3n) is 1.96. The molecule has 82 valence electrons. The van der Waals surface area contributed by atoms with Crippen molar-refractivity contribution in [2.24, 2.45) is 0 Å². The fourth-order valence-electron chi connectivity index (χ4n) is 1.28. The molecule has 0 aliphatic rings. The second-order valence-electron chi connectivity index (χ2n) is 3.15. The van der Waals surface area contributed by atoms with Crippen molar-refractivity contribution in [2.45, 2.75) is 6.42 Å². The predicted molar refractivity (Wildman–Crippen MR) is 57.7 cm³/mol. The Kier molecular flexibility index (Phi) is 2.87. The van der Waals surface area contributed by atoms with Crippen molar-refractivity contribution in [1.82, 2.24) is 14.8 Å². The van der Waals surface area contributed by atoms with E-state index >= 15 is 0 Å². The number of pyridine rings is 1. The lowest BCUT2D eigenvalue weighted by atomic mass is 10.3. The summed E-state index contributed by atoms with van der Waals surface area (Å²) in [6, 6.07) is 5.36. The van der Waals surface area contributed by atoms with Crippen LogP contribution >= 0.6 is 11.6 Å². The van der Waals surface area contributed by atoms with Gasteiger partial charge in [0.25, 0.3) is 0 Å². The summed E-state index contributed by atoms with van der Waals surface area (Å²) in [6.45, 7) is 0. The number of aromatic nitrogens is 3. The quantitative estimate of drug-likeness (QED) is 0.880. The number of rotatable bonds is 3. The van der Waals surface area contributed by atoms with Crippen LogP contribution in [0.15, 0.2) is 30.6 Å². The van der Waals surface area contributed by atoms with E-state index in [2.05, 4.69) is 10.1 Å². The van der Waals surface area contributed by atoms with E-state index in [9.17, 15) is 4.79 Å². The average molecular weight is 238 g/mol. The number of hydrogen-bond donors (Lipinski definition) is 1. The molecular formula is C10H8ClN3O2. The molecule has 2 aromatic rings. The Morgan fingerprint density at radius 1 is 1.50 bits per heavy atom. The lowest BCUT2D eigenvalue weighted by molar-refractivity contribution is -0.136. The molecule has 0 atom stereocenters. The standard InChI is InChI=1S/C10H8ClN3O2/c11-10-7(5-9(15)16)6-14(13-10)8-3-1-2-4-12-8/h1-4,6H,5H2,(H,15,16). The van der Waals surface area contributed by atoms with Crippen molar-refractivity contribution in [1.29, 1.82) is 0 Å². The van der Waals surface area contributed by atoms with E-state index < -0.39 is 5.97 Å². The fraction of sp³-hybridized carbons (Fsp3) is 0.100. The Morgan fingerprint density at radius 2 is 2.31 bits per heavy atom. The van der Waals surface area contributed by atoms with Crippen LogP contribution in [-0.2, 0) is 11.2 Å². The van der Waals surface area contributed by atoms with E-state index in [1.54, 1.807) is 24.5 Å². The highest BCUT2D eigenvalue weighted by molar-refractivity contribution is 6.30. The highest BCUT2D eigenvalue weighted by atomic mass is 35.5. The van der Waals surface area contributed by atoms with Gasteiger partial charge in [0.1, 0.15) is 0 Å². The second-order valence-corrected chi connectivity index (χ2v) is 3.51. The maximum Gasteiger partial charge on any atom is 0.307 e. The monoisotopic (exact) mass is 237 g/mol. The Hall–Kier alpha value is -1.88. The van der Waals surface area contributed by atoms with Crippen LogP contribution in [0.2, 0.25) is 5.15 Å². The van der Waals surface area contributed by atoms with Crippen molar-refractivity contribution < 1.29 is 9.90 Å². The van der Waals surface area contributed by atoms with Gasteiger partial charge in [0.2, 0.25) is 0 Å². The Balaban J connectivity index is 2.34. The Morgan fingerprint density at radius 3 is 2.94 bits per heavy atom. The molecule has 6 heteroatoms. The van der Waals surface area contributed by atoms with Crippen LogP contribution in [0.3, 0.4) is 0 Å². The molecule has 0 aliphatic carbocycles. The predicted octanol–water partition coefficient (Wildman–Crippen LogP) is 1.55. The molecule has 0 aromatic carbocycles. The van der Waals surface area contributed by atoms with Gasteiger partial charge in [-0.25, -0.2) is 9.67 Å². The molecule has 0 spiro atoms. The van der Waals surface area contributed by atoms with Crippen LogP contribution in [0.5, 0.6) is 0 Å². The lowest BCUT2D eigenvalue weighted by Crippen LogP contribution is -1.99. The van der Waals surface area contributed by atoms with E-state index in [-0.39, 0.29) is 11.6 Å². The molecule has 0 amide bonds. The topological polar surface area (TPSA) is 68.0 Å². The normalized spacial score (nSPS) is 10.3. The smallest absolute Gasteiger partial charge is 0.307 e. The molecule has 0 bridgehead atoms. The number of carbonyl (C=O) groups is 1. The van der Waals surface area contributed by atoms with Crippen molar-refractivity contribution in [3.63, 3.8) is 0 Å². The number of hydrogen-bond acceptors (Lipinski definition) is 3. The van der Waals surface area contributed by atoms with Crippen LogP contribution in [-0.4, -0.2) is 25.8 Å². The highest BCUT2D eigenvalue weighted by Crippen LogP contribution is 2.16. The minimum Gasteiger partial charge on any atom is -0.481 e. The maximum atomic E-state index is 10.6. The summed E-state index contributed by atoms with van der Waals surface area (Å²) in [5.41, 5.74) is 0.472. The highest BCUT2D eigenvalue weighted by Gasteiger charge is 2.11. The van der Waals surface area contributed by atoms with Gasteiger partial charge < -0.3 is 5.11 Å². The summed E-state index contributed by atoms with van der Waals surface area (Å²) < 4.78 is 1.46. The summed E-state index contributed by atoms with van der Waals surface area (Å²) in [6.07, 6.45) is 3.05. The molecular weight excluding hydrogens is 230 g/mol. The van der Waals surface area contributed by atoms with Crippen molar-refractivity contribution in [3.05, 3.63) is 41.3 Å². The van der Waals surface area contributed by atoms with Crippen LogP contribution in [0.4, 0.5) is 0 Å². The minimum atomic E-state index is -0.942. The van der Waals surface area contributed by atoms with Crippen LogP contribution < -0.4 is 0 Å². The molecule has 0 fully saturated rings. The van der Waals surface area contributed by atoms with Gasteiger partial charge in [0.15, 0.2) is 11.0 Å². The number of aliphatic carboxylic acids is 1. The molecule has 0 aliphatic heterocycles. The number of carboxylic acids is 1. The van der Waals surface area contributed by atoms with Crippen molar-refractivity contribution >= 4 is 17.6 Å². The van der Waals surface area contributed by atoms with Gasteiger partial charge in [-0.2, -0.15) is 5.10 Å². The number of halogens is 1. The third-order valence-corrected chi connectivity index (χ3v) is 2.28. The van der Waals surface area contributed by atoms with E-state index in [4.69, 9.17) is 16.7 Å².